The SMILES string of the molecule is CCOC(=O)c1ccc(CN2CC(O)=C(c3nc4ccc(OC)cc4[nH]3)C2=N)cc1. The Kier molecular flexibility index (Phi) is 5.14. The molecule has 1 aliphatic heterocycles. The number of rotatable bonds is 6. The van der Waals surface area contributed by atoms with Crippen LogP contribution in [-0.4, -0.2) is 52.0 Å². The number of nitrogens with one attached hydrogen (secondary N) is 2. The fourth-order valence-corrected chi connectivity index (χ4v) is 3.43. The van der Waals surface area contributed by atoms with Gasteiger partial charge in [-0.05, 0) is 36.8 Å². The molecule has 0 unspecified atom stereocenters. The second kappa shape index (κ2) is 7.90. The number of methoxy groups -OCH3 is 1. The van der Waals surface area contributed by atoms with Crippen molar-refractivity contribution in [3.8, 4) is 5.75 Å². The van der Waals surface area contributed by atoms with Gasteiger partial charge >= 0.3 is 5.97 Å². The van der Waals surface area contributed by atoms with E-state index >= 15 is 0 Å². The molecule has 154 valence electrons. The van der Waals surface area contributed by atoms with Crippen molar-refractivity contribution < 1.29 is 19.4 Å². The Morgan fingerprint density at radius 3 is 2.73 bits per heavy atom. The summed E-state index contributed by atoms with van der Waals surface area (Å²) in [5, 5.41) is 19.1. The summed E-state index contributed by atoms with van der Waals surface area (Å²) < 4.78 is 10.2. The molecule has 0 spiro atoms. The molecule has 0 saturated carbocycles. The third-order valence-corrected chi connectivity index (χ3v) is 4.95. The molecule has 8 heteroatoms. The van der Waals surface area contributed by atoms with Crippen molar-refractivity contribution in [3.63, 3.8) is 0 Å². The number of benzene rings is 2. The van der Waals surface area contributed by atoms with Crippen molar-refractivity contribution in [1.82, 2.24) is 14.9 Å². The zero-order valence-corrected chi connectivity index (χ0v) is 16.7. The number of aromatic amines is 1. The highest BCUT2D eigenvalue weighted by atomic mass is 16.5. The van der Waals surface area contributed by atoms with Gasteiger partial charge in [0.1, 0.15) is 23.2 Å². The van der Waals surface area contributed by atoms with E-state index in [1.807, 2.05) is 30.3 Å². The lowest BCUT2D eigenvalue weighted by Gasteiger charge is -2.18. The standard InChI is InChI=1S/C22H22N4O4/c1-3-30-22(28)14-6-4-13(5-7-14)11-26-12-18(27)19(20(26)23)21-24-16-9-8-15(29-2)10-17(16)25-21/h4-10,23,27H,3,11-12H2,1-2H3,(H,24,25). The van der Waals surface area contributed by atoms with E-state index in [2.05, 4.69) is 9.97 Å². The molecule has 0 radical (unpaired) electrons. The normalized spacial score (nSPS) is 13.9. The number of carbonyl (C=O) groups is 1. The highest BCUT2D eigenvalue weighted by Crippen LogP contribution is 2.29. The van der Waals surface area contributed by atoms with Gasteiger partial charge in [-0.2, -0.15) is 0 Å². The Morgan fingerprint density at radius 2 is 2.03 bits per heavy atom. The average molecular weight is 406 g/mol. The topological polar surface area (TPSA) is 112 Å². The molecule has 0 atom stereocenters. The Labute approximate surface area is 173 Å². The number of ether oxygens (including phenoxy) is 2. The first-order valence-corrected chi connectivity index (χ1v) is 9.56. The van der Waals surface area contributed by atoms with Gasteiger partial charge in [0.2, 0.25) is 0 Å². The van der Waals surface area contributed by atoms with Gasteiger partial charge < -0.3 is 24.5 Å². The monoisotopic (exact) mass is 406 g/mol. The largest absolute Gasteiger partial charge is 0.510 e. The number of aliphatic hydroxyl groups is 1. The second-order valence-corrected chi connectivity index (χ2v) is 6.91. The minimum Gasteiger partial charge on any atom is -0.510 e. The van der Waals surface area contributed by atoms with E-state index in [0.29, 0.717) is 35.9 Å². The number of amidine groups is 1. The fraction of sp³-hybridized carbons (Fsp3) is 0.227. The maximum absolute atomic E-state index is 11.8. The van der Waals surface area contributed by atoms with E-state index < -0.39 is 0 Å². The van der Waals surface area contributed by atoms with Gasteiger partial charge in [-0.15, -0.1) is 0 Å². The number of hydrogen-bond acceptors (Lipinski definition) is 6. The summed E-state index contributed by atoms with van der Waals surface area (Å²) in [6.45, 7) is 2.73. The van der Waals surface area contributed by atoms with Crippen LogP contribution in [-0.2, 0) is 11.3 Å². The quantitative estimate of drug-likeness (QED) is 0.540. The molecule has 0 amide bonds. The maximum Gasteiger partial charge on any atom is 0.338 e. The van der Waals surface area contributed by atoms with E-state index in [0.717, 1.165) is 16.6 Å². The number of esters is 1. The van der Waals surface area contributed by atoms with Crippen molar-refractivity contribution in [3.05, 3.63) is 65.2 Å². The van der Waals surface area contributed by atoms with Crippen LogP contribution in [0.3, 0.4) is 0 Å². The van der Waals surface area contributed by atoms with E-state index in [-0.39, 0.29) is 24.1 Å². The molecule has 0 fully saturated rings. The molecule has 0 aliphatic carbocycles. The minimum absolute atomic E-state index is 0.0918. The number of fused-ring (bicyclic) bond motifs is 1. The molecule has 1 aromatic heterocycles. The molecule has 2 aromatic carbocycles. The summed E-state index contributed by atoms with van der Waals surface area (Å²) in [6, 6.07) is 12.5. The Morgan fingerprint density at radius 1 is 1.27 bits per heavy atom. The highest BCUT2D eigenvalue weighted by molar-refractivity contribution is 6.23. The van der Waals surface area contributed by atoms with Gasteiger partial charge in [0, 0.05) is 12.6 Å². The molecule has 1 aliphatic rings. The fourth-order valence-electron chi connectivity index (χ4n) is 3.43. The summed E-state index contributed by atoms with van der Waals surface area (Å²) in [5.41, 5.74) is 3.28. The lowest BCUT2D eigenvalue weighted by Crippen LogP contribution is -2.26. The summed E-state index contributed by atoms with van der Waals surface area (Å²) in [7, 11) is 1.59. The Balaban J connectivity index is 1.51. The predicted octanol–water partition coefficient (Wildman–Crippen LogP) is 3.51. The van der Waals surface area contributed by atoms with Crippen LogP contribution < -0.4 is 4.74 Å². The van der Waals surface area contributed by atoms with Crippen LogP contribution in [0.4, 0.5) is 0 Å². The van der Waals surface area contributed by atoms with E-state index in [4.69, 9.17) is 14.9 Å². The van der Waals surface area contributed by atoms with Crippen molar-refractivity contribution >= 4 is 28.4 Å². The number of carbonyl (C=O) groups excluding carboxylic acids is 1. The predicted molar refractivity (Wildman–Crippen MR) is 113 cm³/mol. The van der Waals surface area contributed by atoms with Gasteiger partial charge in [-0.25, -0.2) is 9.78 Å². The van der Waals surface area contributed by atoms with Crippen LogP contribution in [0.1, 0.15) is 28.7 Å². The van der Waals surface area contributed by atoms with Crippen molar-refractivity contribution in [2.45, 2.75) is 13.5 Å². The molecule has 30 heavy (non-hydrogen) atoms. The second-order valence-electron chi connectivity index (χ2n) is 6.91. The molecule has 3 aromatic rings. The average Bonchev–Trinajstić information content (AvgIpc) is 3.27. The van der Waals surface area contributed by atoms with Crippen molar-refractivity contribution in [1.29, 1.82) is 5.41 Å². The smallest absolute Gasteiger partial charge is 0.338 e. The van der Waals surface area contributed by atoms with Crippen molar-refractivity contribution in [2.75, 3.05) is 20.3 Å². The molecule has 2 heterocycles. The van der Waals surface area contributed by atoms with Crippen molar-refractivity contribution in [2.24, 2.45) is 0 Å². The molecule has 4 rings (SSSR count). The van der Waals surface area contributed by atoms with Crippen LogP contribution in [0.5, 0.6) is 5.75 Å². The number of aromatic nitrogens is 2. The lowest BCUT2D eigenvalue weighted by atomic mass is 10.1. The van der Waals surface area contributed by atoms with E-state index in [1.165, 1.54) is 0 Å². The van der Waals surface area contributed by atoms with E-state index in [9.17, 15) is 9.90 Å². The van der Waals surface area contributed by atoms with Gasteiger partial charge in [0.05, 0.1) is 42.4 Å². The van der Waals surface area contributed by atoms with Gasteiger partial charge in [0.15, 0.2) is 0 Å². The summed E-state index contributed by atoms with van der Waals surface area (Å²) in [6.07, 6.45) is 0. The van der Waals surface area contributed by atoms with E-state index in [1.54, 1.807) is 31.1 Å². The molecular formula is C22H22N4O4. The number of aliphatic hydroxyl groups excluding tert-OH is 1. The number of nitrogens with zero attached hydrogens (tertiary/aromatic N) is 2. The number of imidazole rings is 1. The third-order valence-electron chi connectivity index (χ3n) is 4.95. The first-order chi connectivity index (χ1) is 14.5. The maximum atomic E-state index is 11.8. The zero-order chi connectivity index (χ0) is 21.3. The Bertz CT molecular complexity index is 1150. The molecule has 3 N–H and O–H groups in total. The van der Waals surface area contributed by atoms with Gasteiger partial charge in [-0.3, -0.25) is 5.41 Å². The molecular weight excluding hydrogens is 384 g/mol. The van der Waals surface area contributed by atoms with Gasteiger partial charge in [-0.1, -0.05) is 12.1 Å². The highest BCUT2D eigenvalue weighted by Gasteiger charge is 2.30. The Hall–Kier alpha value is -3.81. The zero-order valence-electron chi connectivity index (χ0n) is 16.7. The first kappa shape index (κ1) is 19.5. The van der Waals surface area contributed by atoms with Crippen LogP contribution in [0.2, 0.25) is 0 Å². The third kappa shape index (κ3) is 3.59. The molecule has 8 nitrogen and oxygen atoms in total. The number of hydrogen-bond donors (Lipinski definition) is 3. The summed E-state index contributed by atoms with van der Waals surface area (Å²) in [4.78, 5) is 21.2. The van der Waals surface area contributed by atoms with Crippen LogP contribution in [0, 0.1) is 5.41 Å². The number of H-pyrrole nitrogens is 1. The molecule has 0 saturated heterocycles. The first-order valence-electron chi connectivity index (χ1n) is 9.56. The summed E-state index contributed by atoms with van der Waals surface area (Å²) in [5.74, 6) is 1.06. The molecule has 0 bridgehead atoms. The van der Waals surface area contributed by atoms with Gasteiger partial charge in [0.25, 0.3) is 0 Å². The minimum atomic E-state index is -0.360. The summed E-state index contributed by atoms with van der Waals surface area (Å²) >= 11 is 0. The van der Waals surface area contributed by atoms with Crippen LogP contribution in [0.15, 0.2) is 48.2 Å². The van der Waals surface area contributed by atoms with Crippen LogP contribution >= 0.6 is 0 Å². The van der Waals surface area contributed by atoms with Crippen LogP contribution in [0.25, 0.3) is 16.6 Å². The lowest BCUT2D eigenvalue weighted by molar-refractivity contribution is 0.0526.